The molecule has 0 radical (unpaired) electrons. The van der Waals surface area contributed by atoms with Gasteiger partial charge in [-0.2, -0.15) is 0 Å². The Kier molecular flexibility index (Phi) is 5.20. The van der Waals surface area contributed by atoms with Crippen molar-refractivity contribution in [2.75, 3.05) is 0 Å². The van der Waals surface area contributed by atoms with Gasteiger partial charge in [0.15, 0.2) is 11.2 Å². The quantitative estimate of drug-likeness (QED) is 0.170. The van der Waals surface area contributed by atoms with Crippen LogP contribution in [0.1, 0.15) is 0 Å². The molecule has 0 N–H and O–H groups in total. The van der Waals surface area contributed by atoms with Gasteiger partial charge in [0, 0.05) is 53.9 Å². The number of pyridine rings is 1. The van der Waals surface area contributed by atoms with E-state index in [9.17, 15) is 4.79 Å². The molecule has 0 saturated heterocycles. The average Bonchev–Trinajstić information content (AvgIpc) is 3.98. The van der Waals surface area contributed by atoms with Crippen LogP contribution in [0.15, 0.2) is 171 Å². The Morgan fingerprint density at radius 3 is 1.65 bits per heavy atom. The Labute approximate surface area is 305 Å². The Bertz CT molecular complexity index is 3820. The van der Waals surface area contributed by atoms with Gasteiger partial charge in [0.1, 0.15) is 11.2 Å². The average molecular weight is 691 g/mol. The van der Waals surface area contributed by atoms with Crippen LogP contribution in [0.5, 0.6) is 0 Å². The summed E-state index contributed by atoms with van der Waals surface area (Å²) in [5.41, 5.74) is 10.4. The monoisotopic (exact) mass is 690 g/mol. The molecular formula is C49H26N2O3. The lowest BCUT2D eigenvalue weighted by atomic mass is 9.96. The maximum atomic E-state index is 14.0. The van der Waals surface area contributed by atoms with Crippen LogP contribution >= 0.6 is 0 Å². The van der Waals surface area contributed by atoms with Crippen molar-refractivity contribution in [2.24, 2.45) is 0 Å². The van der Waals surface area contributed by atoms with E-state index in [0.29, 0.717) is 5.39 Å². The van der Waals surface area contributed by atoms with Crippen molar-refractivity contribution in [1.82, 2.24) is 8.97 Å². The molecule has 54 heavy (non-hydrogen) atoms. The fraction of sp³-hybridized carbons (Fsp3) is 0. The number of aromatic nitrogens is 2. The summed E-state index contributed by atoms with van der Waals surface area (Å²) in [6, 6.07) is 54.8. The number of nitrogens with zero attached hydrogens (tertiary/aromatic N) is 2. The van der Waals surface area contributed by atoms with Crippen molar-refractivity contribution in [3.05, 3.63) is 168 Å². The molecule has 13 aromatic rings. The standard InChI is InChI=1S/C49H26N2O3/c52-49-36-16-2-1-11-29(36)37-23-27(24-38-31-13-4-8-18-41(31)51(49)45(37)38)28-25-39-33-15-6-10-20-44(33)53-47(39)42(26-28)50-40-17-7-3-12-30(40)34-21-22-35-32-14-5-9-19-43(32)54-48(35)46(34)50/h1-26H. The number of rotatable bonds is 2. The Balaban J connectivity index is 1.22. The molecule has 0 aliphatic carbocycles. The van der Waals surface area contributed by atoms with E-state index in [-0.39, 0.29) is 5.56 Å². The summed E-state index contributed by atoms with van der Waals surface area (Å²) in [6.45, 7) is 0. The first-order valence-electron chi connectivity index (χ1n) is 18.2. The summed E-state index contributed by atoms with van der Waals surface area (Å²) < 4.78 is 17.8. The van der Waals surface area contributed by atoms with Crippen molar-refractivity contribution in [3.63, 3.8) is 0 Å². The Morgan fingerprint density at radius 2 is 0.889 bits per heavy atom. The second kappa shape index (κ2) is 9.94. The van der Waals surface area contributed by atoms with Gasteiger partial charge in [-0.1, -0.05) is 97.1 Å². The third-order valence-electron chi connectivity index (χ3n) is 11.6. The number of benzene rings is 8. The van der Waals surface area contributed by atoms with Gasteiger partial charge in [-0.05, 0) is 77.2 Å². The minimum atomic E-state index is 0.00823. The van der Waals surface area contributed by atoms with Crippen LogP contribution < -0.4 is 5.56 Å². The predicted octanol–water partition coefficient (Wildman–Crippen LogP) is 12.8. The number of hydrogen-bond donors (Lipinski definition) is 0. The van der Waals surface area contributed by atoms with Gasteiger partial charge in [0.25, 0.3) is 5.56 Å². The minimum absolute atomic E-state index is 0.00823. The molecule has 0 saturated carbocycles. The topological polar surface area (TPSA) is 52.7 Å². The highest BCUT2D eigenvalue weighted by Crippen LogP contribution is 2.45. The largest absolute Gasteiger partial charge is 0.454 e. The lowest BCUT2D eigenvalue weighted by Gasteiger charge is -2.13. The van der Waals surface area contributed by atoms with Crippen LogP contribution in [-0.4, -0.2) is 8.97 Å². The highest BCUT2D eigenvalue weighted by Gasteiger charge is 2.24. The molecule has 0 spiro atoms. The smallest absolute Gasteiger partial charge is 0.263 e. The predicted molar refractivity (Wildman–Crippen MR) is 222 cm³/mol. The second-order valence-corrected chi connectivity index (χ2v) is 14.4. The van der Waals surface area contributed by atoms with E-state index >= 15 is 0 Å². The molecule has 8 aromatic carbocycles. The summed E-state index contributed by atoms with van der Waals surface area (Å²) in [5, 5.41) is 11.3. The number of furan rings is 2. The molecule has 5 aromatic heterocycles. The van der Waals surface area contributed by atoms with Crippen LogP contribution in [0.3, 0.4) is 0 Å². The zero-order valence-corrected chi connectivity index (χ0v) is 28.6. The van der Waals surface area contributed by atoms with E-state index in [0.717, 1.165) is 115 Å². The van der Waals surface area contributed by atoms with Gasteiger partial charge < -0.3 is 13.4 Å². The van der Waals surface area contributed by atoms with Gasteiger partial charge in [0.05, 0.1) is 27.8 Å². The highest BCUT2D eigenvalue weighted by atomic mass is 16.3. The highest BCUT2D eigenvalue weighted by molar-refractivity contribution is 6.24. The fourth-order valence-electron chi connectivity index (χ4n) is 9.33. The van der Waals surface area contributed by atoms with Gasteiger partial charge >= 0.3 is 0 Å². The third kappa shape index (κ3) is 3.46. The molecule has 0 atom stereocenters. The number of hydrogen-bond acceptors (Lipinski definition) is 3. The first kappa shape index (κ1) is 28.2. The van der Waals surface area contributed by atoms with Crippen LogP contribution in [0.2, 0.25) is 0 Å². The molecule has 5 nitrogen and oxygen atoms in total. The first-order valence-corrected chi connectivity index (χ1v) is 18.2. The van der Waals surface area contributed by atoms with Gasteiger partial charge in [-0.15, -0.1) is 0 Å². The van der Waals surface area contributed by atoms with Crippen molar-refractivity contribution in [1.29, 1.82) is 0 Å². The summed E-state index contributed by atoms with van der Waals surface area (Å²) in [6.07, 6.45) is 0. The van der Waals surface area contributed by atoms with Crippen LogP contribution in [-0.2, 0) is 0 Å². The van der Waals surface area contributed by atoms with E-state index in [4.69, 9.17) is 8.83 Å². The Morgan fingerprint density at radius 1 is 0.370 bits per heavy atom. The van der Waals surface area contributed by atoms with E-state index in [1.807, 2.05) is 59.0 Å². The van der Waals surface area contributed by atoms with E-state index < -0.39 is 0 Å². The summed E-state index contributed by atoms with van der Waals surface area (Å²) >= 11 is 0. The maximum Gasteiger partial charge on any atom is 0.263 e. The van der Waals surface area contributed by atoms with Crippen LogP contribution in [0.25, 0.3) is 120 Å². The molecule has 0 aliphatic rings. The normalized spacial score (nSPS) is 12.5. The lowest BCUT2D eigenvalue weighted by Crippen LogP contribution is -2.12. The molecule has 5 heterocycles. The zero-order chi connectivity index (χ0) is 35.2. The van der Waals surface area contributed by atoms with E-state index in [1.54, 1.807) is 0 Å². The zero-order valence-electron chi connectivity index (χ0n) is 28.6. The third-order valence-corrected chi connectivity index (χ3v) is 11.6. The first-order chi connectivity index (χ1) is 26.7. The van der Waals surface area contributed by atoms with E-state index in [1.165, 1.54) is 0 Å². The fourth-order valence-corrected chi connectivity index (χ4v) is 9.33. The molecule has 0 amide bonds. The molecule has 0 aliphatic heterocycles. The van der Waals surface area contributed by atoms with Crippen LogP contribution in [0.4, 0.5) is 0 Å². The molecule has 0 bridgehead atoms. The van der Waals surface area contributed by atoms with Crippen molar-refractivity contribution in [2.45, 2.75) is 0 Å². The SMILES string of the molecule is O=c1c2ccccc2c2cc(-c3cc(-n4c5ccccc5c5ccc6c7ccccc7oc6c54)c4oc5ccccc5c4c3)cc3c4ccccc4n1c23. The minimum Gasteiger partial charge on any atom is -0.454 e. The molecule has 0 unspecified atom stereocenters. The van der Waals surface area contributed by atoms with Crippen LogP contribution in [0, 0.1) is 0 Å². The van der Waals surface area contributed by atoms with Crippen molar-refractivity contribution < 1.29 is 8.83 Å². The van der Waals surface area contributed by atoms with Gasteiger partial charge in [-0.25, -0.2) is 0 Å². The molecular weight excluding hydrogens is 665 g/mol. The summed E-state index contributed by atoms with van der Waals surface area (Å²) in [7, 11) is 0. The second-order valence-electron chi connectivity index (χ2n) is 14.4. The van der Waals surface area contributed by atoms with E-state index in [2.05, 4.69) is 108 Å². The lowest BCUT2D eigenvalue weighted by molar-refractivity contribution is 0.665. The molecule has 0 fully saturated rings. The molecule has 250 valence electrons. The summed E-state index contributed by atoms with van der Waals surface area (Å²) in [4.78, 5) is 14.0. The molecule has 13 rings (SSSR count). The Hall–Kier alpha value is -7.37. The number of fused-ring (bicyclic) bond motifs is 15. The molecule has 5 heteroatoms. The van der Waals surface area contributed by atoms with Gasteiger partial charge in [0.2, 0.25) is 0 Å². The van der Waals surface area contributed by atoms with Crippen molar-refractivity contribution >= 4 is 104 Å². The maximum absolute atomic E-state index is 14.0. The van der Waals surface area contributed by atoms with Crippen molar-refractivity contribution in [3.8, 4) is 16.8 Å². The summed E-state index contributed by atoms with van der Waals surface area (Å²) in [5.74, 6) is 0. The van der Waals surface area contributed by atoms with Gasteiger partial charge in [-0.3, -0.25) is 9.20 Å². The number of para-hydroxylation sites is 4.